The third-order valence-corrected chi connectivity index (χ3v) is 1.73. The van der Waals surface area contributed by atoms with Gasteiger partial charge >= 0.3 is 0 Å². The van der Waals surface area contributed by atoms with E-state index < -0.39 is 0 Å². The van der Waals surface area contributed by atoms with E-state index in [1.807, 2.05) is 19.9 Å². The average molecular weight is 193 g/mol. The number of nitrogens with two attached hydrogens (primary N) is 1. The molecule has 4 heteroatoms. The molecule has 1 aromatic heterocycles. The summed E-state index contributed by atoms with van der Waals surface area (Å²) in [6.45, 7) is 4.22. The molecule has 0 aromatic carbocycles. The van der Waals surface area contributed by atoms with Gasteiger partial charge in [-0.15, -0.1) is 0 Å². The molecule has 1 unspecified atom stereocenters. The number of carbonyl (C=O) groups is 1. The molecule has 1 heterocycles. The van der Waals surface area contributed by atoms with Crippen molar-refractivity contribution in [1.29, 1.82) is 0 Å². The Kier molecular flexibility index (Phi) is 3.59. The van der Waals surface area contributed by atoms with Gasteiger partial charge in [-0.3, -0.25) is 9.78 Å². The van der Waals surface area contributed by atoms with E-state index in [4.69, 9.17) is 5.73 Å². The van der Waals surface area contributed by atoms with Crippen molar-refractivity contribution in [3.05, 3.63) is 29.6 Å². The van der Waals surface area contributed by atoms with Gasteiger partial charge in [0.25, 0.3) is 5.91 Å². The molecule has 1 aromatic rings. The molecule has 76 valence electrons. The molecule has 14 heavy (non-hydrogen) atoms. The van der Waals surface area contributed by atoms with Crippen LogP contribution in [0.3, 0.4) is 0 Å². The van der Waals surface area contributed by atoms with Gasteiger partial charge in [-0.05, 0) is 31.5 Å². The summed E-state index contributed by atoms with van der Waals surface area (Å²) in [6, 6.07) is 3.56. The van der Waals surface area contributed by atoms with E-state index in [9.17, 15) is 4.79 Å². The Hall–Kier alpha value is -1.42. The van der Waals surface area contributed by atoms with Crippen LogP contribution in [0.1, 0.15) is 23.0 Å². The Morgan fingerprint density at radius 1 is 1.71 bits per heavy atom. The monoisotopic (exact) mass is 193 g/mol. The van der Waals surface area contributed by atoms with Crippen LogP contribution < -0.4 is 11.1 Å². The second-order valence-electron chi connectivity index (χ2n) is 3.41. The number of aryl methyl sites for hydroxylation is 1. The van der Waals surface area contributed by atoms with Crippen LogP contribution in [0.25, 0.3) is 0 Å². The third kappa shape index (κ3) is 3.14. The van der Waals surface area contributed by atoms with Crippen molar-refractivity contribution in [1.82, 2.24) is 10.3 Å². The lowest BCUT2D eigenvalue weighted by Gasteiger charge is -2.07. The molecule has 0 spiro atoms. The van der Waals surface area contributed by atoms with Crippen LogP contribution in [0.15, 0.2) is 18.3 Å². The number of amides is 1. The van der Waals surface area contributed by atoms with E-state index in [2.05, 4.69) is 10.3 Å². The van der Waals surface area contributed by atoms with E-state index in [1.165, 1.54) is 0 Å². The normalized spacial score (nSPS) is 12.2. The van der Waals surface area contributed by atoms with E-state index >= 15 is 0 Å². The molecule has 0 aliphatic carbocycles. The molecule has 1 rings (SSSR count). The second kappa shape index (κ2) is 4.72. The number of hydrogen-bond acceptors (Lipinski definition) is 3. The van der Waals surface area contributed by atoms with E-state index in [-0.39, 0.29) is 11.9 Å². The Morgan fingerprint density at radius 3 is 3.00 bits per heavy atom. The largest absolute Gasteiger partial charge is 0.349 e. The van der Waals surface area contributed by atoms with Gasteiger partial charge in [0.2, 0.25) is 0 Å². The quantitative estimate of drug-likeness (QED) is 0.733. The van der Waals surface area contributed by atoms with Crippen LogP contribution in [0, 0.1) is 6.92 Å². The minimum atomic E-state index is -0.175. The Labute approximate surface area is 83.5 Å². The minimum Gasteiger partial charge on any atom is -0.349 e. The van der Waals surface area contributed by atoms with Crippen molar-refractivity contribution in [2.45, 2.75) is 19.9 Å². The molecule has 1 atom stereocenters. The van der Waals surface area contributed by atoms with Gasteiger partial charge in [0.1, 0.15) is 5.69 Å². The molecule has 0 bridgehead atoms. The first kappa shape index (κ1) is 10.7. The molecule has 0 aliphatic heterocycles. The Balaban J connectivity index is 2.61. The standard InChI is InChI=1S/C10H15N3O/c1-7-3-4-12-9(5-7)10(14)13-6-8(2)11/h3-5,8H,6,11H2,1-2H3,(H,13,14). The summed E-state index contributed by atoms with van der Waals surface area (Å²) in [5.41, 5.74) is 6.97. The van der Waals surface area contributed by atoms with E-state index in [1.54, 1.807) is 12.3 Å². The zero-order chi connectivity index (χ0) is 10.6. The summed E-state index contributed by atoms with van der Waals surface area (Å²) in [6.07, 6.45) is 1.62. The Bertz CT molecular complexity index is 323. The van der Waals surface area contributed by atoms with E-state index in [0.717, 1.165) is 5.56 Å². The highest BCUT2D eigenvalue weighted by Crippen LogP contribution is 1.99. The van der Waals surface area contributed by atoms with Gasteiger partial charge in [-0.25, -0.2) is 0 Å². The highest BCUT2D eigenvalue weighted by atomic mass is 16.1. The highest BCUT2D eigenvalue weighted by molar-refractivity contribution is 5.92. The van der Waals surface area contributed by atoms with Crippen molar-refractivity contribution < 1.29 is 4.79 Å². The fourth-order valence-corrected chi connectivity index (χ4v) is 1.00. The fraction of sp³-hybridized carbons (Fsp3) is 0.400. The van der Waals surface area contributed by atoms with Gasteiger partial charge in [-0.1, -0.05) is 0 Å². The van der Waals surface area contributed by atoms with E-state index in [0.29, 0.717) is 12.2 Å². The van der Waals surface area contributed by atoms with Gasteiger partial charge < -0.3 is 11.1 Å². The molecule has 0 saturated heterocycles. The molecule has 4 nitrogen and oxygen atoms in total. The summed E-state index contributed by atoms with van der Waals surface area (Å²) in [7, 11) is 0. The number of nitrogens with one attached hydrogen (secondary N) is 1. The van der Waals surface area contributed by atoms with Gasteiger partial charge in [0.05, 0.1) is 0 Å². The van der Waals surface area contributed by atoms with Gasteiger partial charge in [0, 0.05) is 18.8 Å². The number of pyridine rings is 1. The smallest absolute Gasteiger partial charge is 0.269 e. The molecular formula is C10H15N3O. The third-order valence-electron chi connectivity index (χ3n) is 1.73. The lowest BCUT2D eigenvalue weighted by Crippen LogP contribution is -2.35. The van der Waals surface area contributed by atoms with Crippen LogP contribution in [0.5, 0.6) is 0 Å². The zero-order valence-electron chi connectivity index (χ0n) is 8.45. The van der Waals surface area contributed by atoms with Crippen LogP contribution in [0.2, 0.25) is 0 Å². The van der Waals surface area contributed by atoms with Crippen LogP contribution in [-0.2, 0) is 0 Å². The zero-order valence-corrected chi connectivity index (χ0v) is 8.45. The maximum Gasteiger partial charge on any atom is 0.269 e. The first-order valence-corrected chi connectivity index (χ1v) is 4.56. The van der Waals surface area contributed by atoms with Crippen LogP contribution in [-0.4, -0.2) is 23.5 Å². The topological polar surface area (TPSA) is 68.0 Å². The van der Waals surface area contributed by atoms with Crippen molar-refractivity contribution in [2.24, 2.45) is 5.73 Å². The van der Waals surface area contributed by atoms with Crippen LogP contribution in [0.4, 0.5) is 0 Å². The molecule has 0 saturated carbocycles. The second-order valence-corrected chi connectivity index (χ2v) is 3.41. The molecular weight excluding hydrogens is 178 g/mol. The predicted octanol–water partition coefficient (Wildman–Crippen LogP) is 0.467. The summed E-state index contributed by atoms with van der Waals surface area (Å²) in [5, 5.41) is 2.70. The number of aromatic nitrogens is 1. The molecule has 1 amide bonds. The number of nitrogens with zero attached hydrogens (tertiary/aromatic N) is 1. The average Bonchev–Trinajstić information content (AvgIpc) is 2.14. The SMILES string of the molecule is Cc1ccnc(C(=O)NCC(C)N)c1. The van der Waals surface area contributed by atoms with Gasteiger partial charge in [-0.2, -0.15) is 0 Å². The molecule has 3 N–H and O–H groups in total. The lowest BCUT2D eigenvalue weighted by molar-refractivity contribution is 0.0946. The first-order valence-electron chi connectivity index (χ1n) is 4.56. The maximum atomic E-state index is 11.5. The molecule has 0 aliphatic rings. The fourth-order valence-electron chi connectivity index (χ4n) is 1.00. The minimum absolute atomic E-state index is 0.0382. The summed E-state index contributed by atoms with van der Waals surface area (Å²) < 4.78 is 0. The molecule has 0 radical (unpaired) electrons. The first-order chi connectivity index (χ1) is 6.59. The van der Waals surface area contributed by atoms with Gasteiger partial charge in [0.15, 0.2) is 0 Å². The van der Waals surface area contributed by atoms with Crippen molar-refractivity contribution in [3.63, 3.8) is 0 Å². The number of hydrogen-bond donors (Lipinski definition) is 2. The highest BCUT2D eigenvalue weighted by Gasteiger charge is 2.06. The van der Waals surface area contributed by atoms with Crippen molar-refractivity contribution >= 4 is 5.91 Å². The Morgan fingerprint density at radius 2 is 2.43 bits per heavy atom. The lowest BCUT2D eigenvalue weighted by atomic mass is 10.2. The van der Waals surface area contributed by atoms with Crippen LogP contribution >= 0.6 is 0 Å². The predicted molar refractivity (Wildman–Crippen MR) is 55.0 cm³/mol. The number of rotatable bonds is 3. The number of carbonyl (C=O) groups excluding carboxylic acids is 1. The summed E-state index contributed by atoms with van der Waals surface area (Å²) in [5.74, 6) is -0.175. The maximum absolute atomic E-state index is 11.5. The van der Waals surface area contributed by atoms with Crippen molar-refractivity contribution in [2.75, 3.05) is 6.54 Å². The van der Waals surface area contributed by atoms with Crippen molar-refractivity contribution in [3.8, 4) is 0 Å². The summed E-state index contributed by atoms with van der Waals surface area (Å²) >= 11 is 0. The summed E-state index contributed by atoms with van der Waals surface area (Å²) in [4.78, 5) is 15.4. The molecule has 0 fully saturated rings.